The van der Waals surface area contributed by atoms with E-state index in [1.807, 2.05) is 18.6 Å². The summed E-state index contributed by atoms with van der Waals surface area (Å²) < 4.78 is 2.19. The van der Waals surface area contributed by atoms with Gasteiger partial charge in [0.1, 0.15) is 0 Å². The first-order valence-corrected chi connectivity index (χ1v) is 6.96. The van der Waals surface area contributed by atoms with Crippen LogP contribution in [0.3, 0.4) is 0 Å². The Morgan fingerprint density at radius 2 is 1.95 bits per heavy atom. The Balaban J connectivity index is 2.03. The normalized spacial score (nSPS) is 12.8. The molecule has 2 rings (SSSR count). The second-order valence-corrected chi connectivity index (χ2v) is 5.49. The predicted octanol–water partition coefficient (Wildman–Crippen LogP) is 3.17. The Morgan fingerprint density at radius 3 is 2.63 bits per heavy atom. The third kappa shape index (κ3) is 3.93. The van der Waals surface area contributed by atoms with Crippen molar-refractivity contribution in [2.75, 3.05) is 0 Å². The Kier molecular flexibility index (Phi) is 4.74. The van der Waals surface area contributed by atoms with Crippen molar-refractivity contribution in [2.45, 2.75) is 39.3 Å². The summed E-state index contributed by atoms with van der Waals surface area (Å²) in [6.45, 7) is 5.47. The maximum atomic E-state index is 6.32. The molecule has 0 aliphatic rings. The number of rotatable bonds is 6. The first-order valence-electron chi connectivity index (χ1n) is 6.96. The van der Waals surface area contributed by atoms with Crippen molar-refractivity contribution in [1.29, 1.82) is 0 Å². The zero-order valence-corrected chi connectivity index (χ0v) is 11.8. The summed E-state index contributed by atoms with van der Waals surface area (Å²) in [5, 5.41) is 0. The SMILES string of the molecule is CC(C)CCn1cncc1[C@H](N)Cc1ccccc1. The van der Waals surface area contributed by atoms with E-state index in [0.717, 1.165) is 25.1 Å². The molecule has 1 atom stereocenters. The van der Waals surface area contributed by atoms with Gasteiger partial charge in [0.05, 0.1) is 18.1 Å². The lowest BCUT2D eigenvalue weighted by Crippen LogP contribution is -2.18. The van der Waals surface area contributed by atoms with E-state index in [1.54, 1.807) is 0 Å². The number of benzene rings is 1. The van der Waals surface area contributed by atoms with Gasteiger partial charge >= 0.3 is 0 Å². The summed E-state index contributed by atoms with van der Waals surface area (Å²) in [7, 11) is 0. The molecule has 1 aromatic carbocycles. The molecule has 0 bridgehead atoms. The van der Waals surface area contributed by atoms with Crippen molar-refractivity contribution in [1.82, 2.24) is 9.55 Å². The van der Waals surface area contributed by atoms with E-state index in [1.165, 1.54) is 5.56 Å². The monoisotopic (exact) mass is 257 g/mol. The van der Waals surface area contributed by atoms with Crippen LogP contribution in [0.1, 0.15) is 37.6 Å². The van der Waals surface area contributed by atoms with Gasteiger partial charge in [0.25, 0.3) is 0 Å². The molecule has 0 aliphatic carbocycles. The largest absolute Gasteiger partial charge is 0.333 e. The third-order valence-electron chi connectivity index (χ3n) is 3.37. The maximum absolute atomic E-state index is 6.32. The summed E-state index contributed by atoms with van der Waals surface area (Å²) in [4.78, 5) is 4.25. The predicted molar refractivity (Wildman–Crippen MR) is 78.8 cm³/mol. The molecular weight excluding hydrogens is 234 g/mol. The lowest BCUT2D eigenvalue weighted by Gasteiger charge is -2.15. The molecule has 2 N–H and O–H groups in total. The Labute approximate surface area is 115 Å². The molecule has 0 aliphatic heterocycles. The highest BCUT2D eigenvalue weighted by atomic mass is 15.1. The maximum Gasteiger partial charge on any atom is 0.0948 e. The quantitative estimate of drug-likeness (QED) is 0.863. The fourth-order valence-corrected chi connectivity index (χ4v) is 2.20. The van der Waals surface area contributed by atoms with Gasteiger partial charge in [-0.1, -0.05) is 44.2 Å². The fraction of sp³-hybridized carbons (Fsp3) is 0.438. The van der Waals surface area contributed by atoms with Gasteiger partial charge in [0, 0.05) is 12.7 Å². The zero-order chi connectivity index (χ0) is 13.7. The van der Waals surface area contributed by atoms with Gasteiger partial charge in [-0.15, -0.1) is 0 Å². The second kappa shape index (κ2) is 6.53. The molecule has 0 radical (unpaired) electrons. The summed E-state index contributed by atoms with van der Waals surface area (Å²) in [5.74, 6) is 0.695. The Bertz CT molecular complexity index is 488. The van der Waals surface area contributed by atoms with Crippen molar-refractivity contribution in [3.8, 4) is 0 Å². The molecule has 1 aromatic heterocycles. The molecule has 0 saturated carbocycles. The first-order chi connectivity index (χ1) is 9.16. The van der Waals surface area contributed by atoms with E-state index in [4.69, 9.17) is 5.73 Å². The lowest BCUT2D eigenvalue weighted by atomic mass is 10.0. The van der Waals surface area contributed by atoms with Crippen molar-refractivity contribution in [2.24, 2.45) is 11.7 Å². The zero-order valence-electron chi connectivity index (χ0n) is 11.8. The fourth-order valence-electron chi connectivity index (χ4n) is 2.20. The van der Waals surface area contributed by atoms with Crippen LogP contribution in [0.5, 0.6) is 0 Å². The average molecular weight is 257 g/mol. The standard InChI is InChI=1S/C16H23N3/c1-13(2)8-9-19-12-18-11-16(19)15(17)10-14-6-4-3-5-7-14/h3-7,11-13,15H,8-10,17H2,1-2H3/t15-/m1/s1. The van der Waals surface area contributed by atoms with E-state index in [-0.39, 0.29) is 6.04 Å². The van der Waals surface area contributed by atoms with E-state index < -0.39 is 0 Å². The number of hydrogen-bond acceptors (Lipinski definition) is 2. The number of imidazole rings is 1. The minimum atomic E-state index is 0.0112. The highest BCUT2D eigenvalue weighted by Gasteiger charge is 2.12. The van der Waals surface area contributed by atoms with Crippen LogP contribution >= 0.6 is 0 Å². The molecule has 1 heterocycles. The number of aromatic nitrogens is 2. The van der Waals surface area contributed by atoms with Crippen LogP contribution in [-0.4, -0.2) is 9.55 Å². The minimum absolute atomic E-state index is 0.0112. The molecule has 0 fully saturated rings. The van der Waals surface area contributed by atoms with Gasteiger partial charge in [-0.25, -0.2) is 4.98 Å². The molecule has 0 unspecified atom stereocenters. The highest BCUT2D eigenvalue weighted by Crippen LogP contribution is 2.17. The number of nitrogens with two attached hydrogens (primary N) is 1. The summed E-state index contributed by atoms with van der Waals surface area (Å²) >= 11 is 0. The van der Waals surface area contributed by atoms with E-state index in [0.29, 0.717) is 5.92 Å². The van der Waals surface area contributed by atoms with Gasteiger partial charge in [-0.05, 0) is 24.3 Å². The summed E-state index contributed by atoms with van der Waals surface area (Å²) in [6.07, 6.45) is 5.80. The minimum Gasteiger partial charge on any atom is -0.333 e. The van der Waals surface area contributed by atoms with E-state index in [9.17, 15) is 0 Å². The van der Waals surface area contributed by atoms with Gasteiger partial charge in [-0.3, -0.25) is 0 Å². The lowest BCUT2D eigenvalue weighted by molar-refractivity contribution is 0.495. The van der Waals surface area contributed by atoms with Crippen LogP contribution < -0.4 is 5.73 Å². The smallest absolute Gasteiger partial charge is 0.0948 e. The van der Waals surface area contributed by atoms with Crippen molar-refractivity contribution in [3.05, 3.63) is 54.1 Å². The molecule has 2 aromatic rings. The van der Waals surface area contributed by atoms with Crippen LogP contribution in [0.25, 0.3) is 0 Å². The topological polar surface area (TPSA) is 43.8 Å². The van der Waals surface area contributed by atoms with Crippen molar-refractivity contribution < 1.29 is 0 Å². The van der Waals surface area contributed by atoms with Crippen LogP contribution in [0.2, 0.25) is 0 Å². The summed E-state index contributed by atoms with van der Waals surface area (Å²) in [6, 6.07) is 10.4. The Hall–Kier alpha value is -1.61. The molecule has 102 valence electrons. The molecule has 3 heteroatoms. The Morgan fingerprint density at radius 1 is 1.21 bits per heavy atom. The van der Waals surface area contributed by atoms with Crippen molar-refractivity contribution in [3.63, 3.8) is 0 Å². The van der Waals surface area contributed by atoms with Gasteiger partial charge < -0.3 is 10.3 Å². The summed E-state index contributed by atoms with van der Waals surface area (Å²) in [5.41, 5.74) is 8.72. The average Bonchev–Trinajstić information content (AvgIpc) is 2.86. The van der Waals surface area contributed by atoms with E-state index in [2.05, 4.69) is 47.7 Å². The van der Waals surface area contributed by atoms with Crippen LogP contribution in [0.15, 0.2) is 42.9 Å². The number of hydrogen-bond donors (Lipinski definition) is 1. The van der Waals surface area contributed by atoms with Gasteiger partial charge in [-0.2, -0.15) is 0 Å². The molecule has 0 spiro atoms. The van der Waals surface area contributed by atoms with Crippen molar-refractivity contribution >= 4 is 0 Å². The number of aryl methyl sites for hydroxylation is 1. The third-order valence-corrected chi connectivity index (χ3v) is 3.37. The van der Waals surface area contributed by atoms with Gasteiger partial charge in [0.2, 0.25) is 0 Å². The first kappa shape index (κ1) is 13.8. The van der Waals surface area contributed by atoms with Crippen LogP contribution in [-0.2, 0) is 13.0 Å². The number of nitrogens with zero attached hydrogens (tertiary/aromatic N) is 2. The second-order valence-electron chi connectivity index (χ2n) is 5.49. The molecule has 0 saturated heterocycles. The molecule has 19 heavy (non-hydrogen) atoms. The van der Waals surface area contributed by atoms with Crippen LogP contribution in [0.4, 0.5) is 0 Å². The molecule has 0 amide bonds. The van der Waals surface area contributed by atoms with Gasteiger partial charge in [0.15, 0.2) is 0 Å². The van der Waals surface area contributed by atoms with E-state index >= 15 is 0 Å². The molecule has 3 nitrogen and oxygen atoms in total. The highest BCUT2D eigenvalue weighted by molar-refractivity contribution is 5.18. The molecular formula is C16H23N3. The van der Waals surface area contributed by atoms with Crippen LogP contribution in [0, 0.1) is 5.92 Å².